The van der Waals surface area contributed by atoms with E-state index in [0.717, 1.165) is 0 Å². The predicted molar refractivity (Wildman–Crippen MR) is 59.6 cm³/mol. The second kappa shape index (κ2) is 7.98. The second-order valence-electron chi connectivity index (χ2n) is 3.81. The van der Waals surface area contributed by atoms with Gasteiger partial charge < -0.3 is 30.1 Å². The number of hydrogen-bond acceptors (Lipinski definition) is 7. The van der Waals surface area contributed by atoms with Gasteiger partial charge in [0.1, 0.15) is 12.1 Å². The van der Waals surface area contributed by atoms with E-state index in [9.17, 15) is 9.59 Å². The van der Waals surface area contributed by atoms with Gasteiger partial charge in [0.05, 0.1) is 19.8 Å². The van der Waals surface area contributed by atoms with Crippen LogP contribution in [0.5, 0.6) is 0 Å². The van der Waals surface area contributed by atoms with Gasteiger partial charge in [-0.3, -0.25) is 4.79 Å². The van der Waals surface area contributed by atoms with Crippen LogP contribution in [0.2, 0.25) is 0 Å². The average Bonchev–Trinajstić information content (AvgIpc) is 2.36. The van der Waals surface area contributed by atoms with E-state index in [1.165, 1.54) is 14.0 Å². The summed E-state index contributed by atoms with van der Waals surface area (Å²) in [5, 5.41) is 29.3. The minimum Gasteiger partial charge on any atom is -0.451 e. The van der Waals surface area contributed by atoms with E-state index in [0.29, 0.717) is 0 Å². The topological polar surface area (TPSA) is 125 Å². The number of esters is 1. The van der Waals surface area contributed by atoms with E-state index in [2.05, 4.69) is 10.1 Å². The number of ether oxygens (including phenoxy) is 2. The van der Waals surface area contributed by atoms with Crippen molar-refractivity contribution in [1.29, 1.82) is 0 Å². The van der Waals surface area contributed by atoms with Crippen LogP contribution in [0, 0.1) is 0 Å². The highest BCUT2D eigenvalue weighted by atomic mass is 16.6. The molecule has 0 heterocycles. The molecule has 8 nitrogen and oxygen atoms in total. The number of nitrogens with one attached hydrogen (secondary N) is 1. The molecule has 0 saturated heterocycles. The van der Waals surface area contributed by atoms with Crippen LogP contribution in [0.25, 0.3) is 0 Å². The maximum atomic E-state index is 11.6. The van der Waals surface area contributed by atoms with Crippen LogP contribution in [0.1, 0.15) is 6.92 Å². The molecule has 0 aliphatic rings. The number of methoxy groups -OCH3 is 1. The smallest absolute Gasteiger partial charge is 0.332 e. The Morgan fingerprint density at radius 3 is 2.11 bits per heavy atom. The summed E-state index contributed by atoms with van der Waals surface area (Å²) in [6, 6.07) is 0. The van der Waals surface area contributed by atoms with Gasteiger partial charge in [-0.15, -0.1) is 0 Å². The fraction of sp³-hybridized carbons (Fsp3) is 0.800. The Morgan fingerprint density at radius 2 is 1.72 bits per heavy atom. The molecule has 106 valence electrons. The SMILES string of the molecule is COCC(=O)OC(C)C(=O)NC(CO)(CO)CO. The molecule has 0 radical (unpaired) electrons. The molecule has 0 aromatic rings. The summed E-state index contributed by atoms with van der Waals surface area (Å²) in [7, 11) is 1.31. The Labute approximate surface area is 105 Å². The van der Waals surface area contributed by atoms with Crippen molar-refractivity contribution < 1.29 is 34.4 Å². The zero-order chi connectivity index (χ0) is 14.2. The third-order valence-corrected chi connectivity index (χ3v) is 2.24. The molecule has 0 fully saturated rings. The Kier molecular flexibility index (Phi) is 7.44. The third-order valence-electron chi connectivity index (χ3n) is 2.24. The first-order valence-electron chi connectivity index (χ1n) is 5.27. The van der Waals surface area contributed by atoms with Crippen LogP contribution in [0.15, 0.2) is 0 Å². The van der Waals surface area contributed by atoms with Gasteiger partial charge >= 0.3 is 5.97 Å². The van der Waals surface area contributed by atoms with Crippen LogP contribution in [0.4, 0.5) is 0 Å². The van der Waals surface area contributed by atoms with Crippen molar-refractivity contribution in [3.63, 3.8) is 0 Å². The van der Waals surface area contributed by atoms with E-state index in [4.69, 9.17) is 20.1 Å². The van der Waals surface area contributed by atoms with E-state index < -0.39 is 43.3 Å². The number of carbonyl (C=O) groups excluding carboxylic acids is 2. The molecule has 1 amide bonds. The maximum Gasteiger partial charge on any atom is 0.332 e. The lowest BCUT2D eigenvalue weighted by atomic mass is 10.0. The number of carbonyl (C=O) groups is 2. The lowest BCUT2D eigenvalue weighted by molar-refractivity contribution is -0.159. The molecule has 18 heavy (non-hydrogen) atoms. The first kappa shape index (κ1) is 16.8. The van der Waals surface area contributed by atoms with Gasteiger partial charge in [0.2, 0.25) is 0 Å². The standard InChI is InChI=1S/C10H19NO7/c1-7(18-8(15)3-17-2)9(16)11-10(4-12,5-13)6-14/h7,12-14H,3-6H2,1-2H3,(H,11,16). The summed E-state index contributed by atoms with van der Waals surface area (Å²) >= 11 is 0. The summed E-state index contributed by atoms with van der Waals surface area (Å²) in [6.07, 6.45) is -1.13. The predicted octanol–water partition coefficient (Wildman–Crippen LogP) is -2.60. The highest BCUT2D eigenvalue weighted by Gasteiger charge is 2.32. The van der Waals surface area contributed by atoms with Gasteiger partial charge in [-0.1, -0.05) is 0 Å². The molecular formula is C10H19NO7. The summed E-state index contributed by atoms with van der Waals surface area (Å²) in [6.45, 7) is -0.915. The molecule has 0 saturated carbocycles. The lowest BCUT2D eigenvalue weighted by Gasteiger charge is -2.29. The normalized spacial score (nSPS) is 12.9. The van der Waals surface area contributed by atoms with Crippen molar-refractivity contribution in [1.82, 2.24) is 5.32 Å². The van der Waals surface area contributed by atoms with Crippen molar-refractivity contribution in [2.45, 2.75) is 18.6 Å². The zero-order valence-corrected chi connectivity index (χ0v) is 10.4. The Bertz CT molecular complexity index is 269. The van der Waals surface area contributed by atoms with Gasteiger partial charge in [0.25, 0.3) is 5.91 Å². The first-order valence-corrected chi connectivity index (χ1v) is 5.27. The summed E-state index contributed by atoms with van der Waals surface area (Å²) < 4.78 is 9.23. The van der Waals surface area contributed by atoms with Gasteiger partial charge in [0, 0.05) is 7.11 Å². The fourth-order valence-electron chi connectivity index (χ4n) is 1.03. The number of aliphatic hydroxyl groups excluding tert-OH is 3. The fourth-order valence-corrected chi connectivity index (χ4v) is 1.03. The minimum absolute atomic E-state index is 0.289. The van der Waals surface area contributed by atoms with Crippen LogP contribution < -0.4 is 5.32 Å². The molecule has 1 atom stereocenters. The Hall–Kier alpha value is -1.22. The molecule has 1 unspecified atom stereocenters. The summed E-state index contributed by atoms with van der Waals surface area (Å²) in [4.78, 5) is 22.7. The molecule has 0 bridgehead atoms. The van der Waals surface area contributed by atoms with Crippen LogP contribution >= 0.6 is 0 Å². The largest absolute Gasteiger partial charge is 0.451 e. The molecular weight excluding hydrogens is 246 g/mol. The van der Waals surface area contributed by atoms with Crippen molar-refractivity contribution in [3.8, 4) is 0 Å². The minimum atomic E-state index is -1.54. The molecule has 4 N–H and O–H groups in total. The van der Waals surface area contributed by atoms with Gasteiger partial charge in [-0.25, -0.2) is 4.79 Å². The third kappa shape index (κ3) is 4.96. The van der Waals surface area contributed by atoms with Crippen molar-refractivity contribution >= 4 is 11.9 Å². The van der Waals surface area contributed by atoms with Crippen molar-refractivity contribution in [2.75, 3.05) is 33.5 Å². The molecule has 8 heteroatoms. The number of amides is 1. The molecule has 0 aliphatic carbocycles. The van der Waals surface area contributed by atoms with Crippen LogP contribution in [-0.4, -0.2) is 72.4 Å². The van der Waals surface area contributed by atoms with Crippen LogP contribution in [-0.2, 0) is 19.1 Å². The van der Waals surface area contributed by atoms with Gasteiger partial charge in [0.15, 0.2) is 6.10 Å². The molecule has 0 spiro atoms. The highest BCUT2D eigenvalue weighted by Crippen LogP contribution is 2.03. The average molecular weight is 265 g/mol. The van der Waals surface area contributed by atoms with E-state index in [1.807, 2.05) is 0 Å². The monoisotopic (exact) mass is 265 g/mol. The second-order valence-corrected chi connectivity index (χ2v) is 3.81. The lowest BCUT2D eigenvalue weighted by Crippen LogP contribution is -2.59. The zero-order valence-electron chi connectivity index (χ0n) is 10.4. The van der Waals surface area contributed by atoms with E-state index >= 15 is 0 Å². The Balaban J connectivity index is 4.42. The molecule has 0 aromatic carbocycles. The first-order chi connectivity index (χ1) is 8.44. The van der Waals surface area contributed by atoms with Crippen molar-refractivity contribution in [3.05, 3.63) is 0 Å². The highest BCUT2D eigenvalue weighted by molar-refractivity contribution is 5.84. The quantitative estimate of drug-likeness (QED) is 0.354. The number of hydrogen-bond donors (Lipinski definition) is 4. The van der Waals surface area contributed by atoms with E-state index in [1.54, 1.807) is 0 Å². The van der Waals surface area contributed by atoms with Gasteiger partial charge in [-0.2, -0.15) is 0 Å². The summed E-state index contributed by atoms with van der Waals surface area (Å²) in [5.41, 5.74) is -1.54. The molecule has 0 aliphatic heterocycles. The summed E-state index contributed by atoms with van der Waals surface area (Å²) in [5.74, 6) is -1.46. The number of aliphatic hydroxyl groups is 3. The van der Waals surface area contributed by atoms with Gasteiger partial charge in [-0.05, 0) is 6.92 Å². The van der Waals surface area contributed by atoms with Crippen molar-refractivity contribution in [2.24, 2.45) is 0 Å². The maximum absolute atomic E-state index is 11.6. The Morgan fingerprint density at radius 1 is 1.22 bits per heavy atom. The molecule has 0 aromatic heterocycles. The van der Waals surface area contributed by atoms with Crippen LogP contribution in [0.3, 0.4) is 0 Å². The molecule has 0 rings (SSSR count). The number of rotatable bonds is 8. The van der Waals surface area contributed by atoms with E-state index in [-0.39, 0.29) is 6.61 Å².